The quantitative estimate of drug-likeness (QED) is 0.892. The Labute approximate surface area is 145 Å². The smallest absolute Gasteiger partial charge is 0.243 e. The lowest BCUT2D eigenvalue weighted by Crippen LogP contribution is -2.39. The van der Waals surface area contributed by atoms with E-state index in [-0.39, 0.29) is 23.9 Å². The van der Waals surface area contributed by atoms with E-state index in [1.165, 1.54) is 28.6 Å². The van der Waals surface area contributed by atoms with Gasteiger partial charge in [-0.05, 0) is 42.3 Å². The van der Waals surface area contributed by atoms with E-state index >= 15 is 0 Å². The predicted octanol–water partition coefficient (Wildman–Crippen LogP) is 1.84. The fourth-order valence-electron chi connectivity index (χ4n) is 3.61. The maximum Gasteiger partial charge on any atom is 0.243 e. The van der Waals surface area contributed by atoms with Gasteiger partial charge in [0.25, 0.3) is 0 Å². The molecular weight excluding hydrogens is 338 g/mol. The molecule has 2 aliphatic heterocycles. The summed E-state index contributed by atoms with van der Waals surface area (Å²) in [4.78, 5) is 12.7. The Balaban J connectivity index is 1.68. The van der Waals surface area contributed by atoms with Crippen molar-refractivity contribution < 1.29 is 13.2 Å². The first-order valence-electron chi connectivity index (χ1n) is 7.89. The first-order chi connectivity index (χ1) is 12.0. The van der Waals surface area contributed by atoms with Crippen molar-refractivity contribution >= 4 is 21.6 Å². The molecule has 0 saturated carbocycles. The molecule has 0 aliphatic carbocycles. The third-order valence-corrected chi connectivity index (χ3v) is 6.84. The van der Waals surface area contributed by atoms with Crippen LogP contribution in [0.2, 0.25) is 0 Å². The Morgan fingerprint density at radius 3 is 2.56 bits per heavy atom. The standard InChI is InChI=1S/C18H15N3O3S/c19-11-13-5-7-14(8-6-13)25(23,24)21-10-9-18(12-21)15-3-1-2-4-16(15)20-17(18)22/h1-8H,9-10,12H2,(H,20,22). The number of anilines is 1. The van der Waals surface area contributed by atoms with Crippen LogP contribution in [0.5, 0.6) is 0 Å². The fourth-order valence-corrected chi connectivity index (χ4v) is 5.11. The topological polar surface area (TPSA) is 90.3 Å². The van der Waals surface area contributed by atoms with Crippen molar-refractivity contribution in [2.75, 3.05) is 18.4 Å². The minimum atomic E-state index is -3.71. The second kappa shape index (κ2) is 5.41. The molecule has 1 spiro atoms. The normalized spacial score (nSPS) is 22.6. The Bertz CT molecular complexity index is 1010. The van der Waals surface area contributed by atoms with Gasteiger partial charge in [0.15, 0.2) is 0 Å². The lowest BCUT2D eigenvalue weighted by atomic mass is 9.81. The van der Waals surface area contributed by atoms with E-state index in [0.717, 1.165) is 11.3 Å². The molecule has 1 amide bonds. The SMILES string of the molecule is N#Cc1ccc(S(=O)(=O)N2CCC3(C2)C(=O)Nc2ccccc23)cc1. The molecule has 1 unspecified atom stereocenters. The molecule has 4 rings (SSSR count). The summed E-state index contributed by atoms with van der Waals surface area (Å²) in [5.74, 6) is -0.147. The average Bonchev–Trinajstić information content (AvgIpc) is 3.20. The summed E-state index contributed by atoms with van der Waals surface area (Å²) in [7, 11) is -3.71. The van der Waals surface area contributed by atoms with E-state index < -0.39 is 15.4 Å². The molecule has 1 saturated heterocycles. The zero-order valence-corrected chi connectivity index (χ0v) is 14.1. The lowest BCUT2D eigenvalue weighted by molar-refractivity contribution is -0.120. The number of sulfonamides is 1. The zero-order valence-electron chi connectivity index (χ0n) is 13.3. The van der Waals surface area contributed by atoms with Gasteiger partial charge >= 0.3 is 0 Å². The van der Waals surface area contributed by atoms with Crippen molar-refractivity contribution in [3.8, 4) is 6.07 Å². The van der Waals surface area contributed by atoms with Gasteiger partial charge in [-0.1, -0.05) is 18.2 Å². The summed E-state index contributed by atoms with van der Waals surface area (Å²) < 4.78 is 27.2. The van der Waals surface area contributed by atoms with Gasteiger partial charge in [-0.2, -0.15) is 9.57 Å². The first kappa shape index (κ1) is 15.8. The highest BCUT2D eigenvalue weighted by Gasteiger charge is 2.53. The molecule has 2 heterocycles. The molecule has 2 aliphatic rings. The number of carbonyl (C=O) groups is 1. The highest BCUT2D eigenvalue weighted by Crippen LogP contribution is 2.45. The van der Waals surface area contributed by atoms with Crippen molar-refractivity contribution in [3.63, 3.8) is 0 Å². The van der Waals surface area contributed by atoms with E-state index in [2.05, 4.69) is 5.32 Å². The number of nitrogens with zero attached hydrogens (tertiary/aromatic N) is 2. The van der Waals surface area contributed by atoms with E-state index in [1.807, 2.05) is 30.3 Å². The third kappa shape index (κ3) is 2.26. The van der Waals surface area contributed by atoms with Crippen LogP contribution in [0.1, 0.15) is 17.5 Å². The number of rotatable bonds is 2. The lowest BCUT2D eigenvalue weighted by Gasteiger charge is -2.22. The predicted molar refractivity (Wildman–Crippen MR) is 91.3 cm³/mol. The highest BCUT2D eigenvalue weighted by atomic mass is 32.2. The molecule has 1 N–H and O–H groups in total. The maximum atomic E-state index is 12.9. The van der Waals surface area contributed by atoms with Crippen molar-refractivity contribution in [1.82, 2.24) is 4.31 Å². The number of amides is 1. The molecule has 0 aromatic heterocycles. The second-order valence-electron chi connectivity index (χ2n) is 6.31. The van der Waals surface area contributed by atoms with Crippen LogP contribution >= 0.6 is 0 Å². The van der Waals surface area contributed by atoms with Crippen LogP contribution in [-0.4, -0.2) is 31.7 Å². The largest absolute Gasteiger partial charge is 0.325 e. The molecule has 7 heteroatoms. The number of carbonyl (C=O) groups excluding carboxylic acids is 1. The van der Waals surface area contributed by atoms with Crippen LogP contribution in [0.25, 0.3) is 0 Å². The van der Waals surface area contributed by atoms with Gasteiger partial charge in [-0.3, -0.25) is 4.79 Å². The number of para-hydroxylation sites is 1. The average molecular weight is 353 g/mol. The van der Waals surface area contributed by atoms with Gasteiger partial charge in [0.1, 0.15) is 0 Å². The van der Waals surface area contributed by atoms with E-state index in [9.17, 15) is 13.2 Å². The van der Waals surface area contributed by atoms with Crippen molar-refractivity contribution in [3.05, 3.63) is 59.7 Å². The summed E-state index contributed by atoms with van der Waals surface area (Å²) in [6, 6.07) is 15.2. The zero-order chi connectivity index (χ0) is 17.7. The Morgan fingerprint density at radius 2 is 1.84 bits per heavy atom. The van der Waals surface area contributed by atoms with E-state index in [1.54, 1.807) is 0 Å². The van der Waals surface area contributed by atoms with E-state index in [0.29, 0.717) is 12.0 Å². The Morgan fingerprint density at radius 1 is 1.12 bits per heavy atom. The van der Waals surface area contributed by atoms with Gasteiger partial charge in [0.05, 0.1) is 21.9 Å². The molecule has 126 valence electrons. The molecule has 2 aromatic carbocycles. The molecule has 0 radical (unpaired) electrons. The summed E-state index contributed by atoms with van der Waals surface area (Å²) in [6.07, 6.45) is 0.450. The summed E-state index contributed by atoms with van der Waals surface area (Å²) >= 11 is 0. The highest BCUT2D eigenvalue weighted by molar-refractivity contribution is 7.89. The van der Waals surface area contributed by atoms with Crippen LogP contribution in [0.15, 0.2) is 53.4 Å². The molecule has 6 nitrogen and oxygen atoms in total. The van der Waals surface area contributed by atoms with Crippen LogP contribution in [0.3, 0.4) is 0 Å². The van der Waals surface area contributed by atoms with Gasteiger partial charge in [0, 0.05) is 18.8 Å². The number of nitrogens with one attached hydrogen (secondary N) is 1. The van der Waals surface area contributed by atoms with Crippen LogP contribution in [0.4, 0.5) is 5.69 Å². The van der Waals surface area contributed by atoms with Gasteiger partial charge in [-0.25, -0.2) is 8.42 Å². The molecule has 0 bridgehead atoms. The summed E-state index contributed by atoms with van der Waals surface area (Å²) in [6.45, 7) is 0.405. The fraction of sp³-hybridized carbons (Fsp3) is 0.222. The molecular formula is C18H15N3O3S. The second-order valence-corrected chi connectivity index (χ2v) is 8.24. The first-order valence-corrected chi connectivity index (χ1v) is 9.33. The Hall–Kier alpha value is -2.69. The van der Waals surface area contributed by atoms with E-state index in [4.69, 9.17) is 5.26 Å². The summed E-state index contributed by atoms with van der Waals surface area (Å²) in [5.41, 5.74) is 1.19. The van der Waals surface area contributed by atoms with Crippen molar-refractivity contribution in [1.29, 1.82) is 5.26 Å². The molecule has 2 aromatic rings. The van der Waals surface area contributed by atoms with Gasteiger partial charge in [-0.15, -0.1) is 0 Å². The Kier molecular flexibility index (Phi) is 3.42. The molecule has 1 fully saturated rings. The maximum absolute atomic E-state index is 12.9. The third-order valence-electron chi connectivity index (χ3n) is 4.98. The minimum Gasteiger partial charge on any atom is -0.325 e. The van der Waals surface area contributed by atoms with Crippen LogP contribution in [-0.2, 0) is 20.2 Å². The van der Waals surface area contributed by atoms with Crippen molar-refractivity contribution in [2.45, 2.75) is 16.7 Å². The number of fused-ring (bicyclic) bond motifs is 2. The molecule has 1 atom stereocenters. The van der Waals surface area contributed by atoms with Gasteiger partial charge in [0.2, 0.25) is 15.9 Å². The number of hydrogen-bond acceptors (Lipinski definition) is 4. The minimum absolute atomic E-state index is 0.123. The van der Waals surface area contributed by atoms with Crippen LogP contribution < -0.4 is 5.32 Å². The number of nitriles is 1. The van der Waals surface area contributed by atoms with Crippen molar-refractivity contribution in [2.24, 2.45) is 0 Å². The number of hydrogen-bond donors (Lipinski definition) is 1. The number of benzene rings is 2. The monoisotopic (exact) mass is 353 g/mol. The summed E-state index contributed by atoms with van der Waals surface area (Å²) in [5, 5.41) is 11.7. The van der Waals surface area contributed by atoms with Gasteiger partial charge < -0.3 is 5.32 Å². The van der Waals surface area contributed by atoms with Crippen LogP contribution in [0, 0.1) is 11.3 Å². The molecule has 25 heavy (non-hydrogen) atoms.